The van der Waals surface area contributed by atoms with Gasteiger partial charge in [0.05, 0.1) is 21.9 Å². The first-order chi connectivity index (χ1) is 21.8. The number of fused-ring (bicyclic) bond motifs is 7. The number of rotatable bonds is 4. The Labute approximate surface area is 256 Å². The lowest BCUT2D eigenvalue weighted by molar-refractivity contribution is 0.953. The highest BCUT2D eigenvalue weighted by molar-refractivity contribution is 7.27. The molecule has 9 rings (SSSR count). The second kappa shape index (κ2) is 9.93. The molecule has 0 saturated heterocycles. The Kier molecular flexibility index (Phi) is 5.61. The Balaban J connectivity index is 1.41. The van der Waals surface area contributed by atoms with Gasteiger partial charge in [0, 0.05) is 43.6 Å². The van der Waals surface area contributed by atoms with Crippen molar-refractivity contribution in [3.8, 4) is 39.9 Å². The zero-order valence-electron chi connectivity index (χ0n) is 23.4. The smallest absolute Gasteiger partial charge is 0.238 e. The molecule has 206 valence electrons. The maximum Gasteiger partial charge on any atom is 0.238 e. The fraction of sp³-hybridized carbons (Fsp3) is 0. The van der Waals surface area contributed by atoms with E-state index < -0.39 is 0 Å². The van der Waals surface area contributed by atoms with E-state index in [9.17, 15) is 0 Å². The zero-order chi connectivity index (χ0) is 29.0. The van der Waals surface area contributed by atoms with Gasteiger partial charge in [0.2, 0.25) is 5.95 Å². The van der Waals surface area contributed by atoms with E-state index in [0.717, 1.165) is 32.9 Å². The molecule has 5 nitrogen and oxygen atoms in total. The predicted octanol–water partition coefficient (Wildman–Crippen LogP) is 9.73. The molecule has 4 aromatic heterocycles. The Morgan fingerprint density at radius 2 is 1.09 bits per heavy atom. The van der Waals surface area contributed by atoms with Crippen LogP contribution in [0.4, 0.5) is 0 Å². The molecule has 0 saturated carbocycles. The van der Waals surface area contributed by atoms with Gasteiger partial charge in [-0.3, -0.25) is 9.55 Å². The summed E-state index contributed by atoms with van der Waals surface area (Å²) in [6.07, 6.45) is 3.77. The van der Waals surface area contributed by atoms with Crippen LogP contribution in [0, 0.1) is 0 Å². The summed E-state index contributed by atoms with van der Waals surface area (Å²) in [5.74, 6) is 1.82. The molecule has 0 radical (unpaired) electrons. The summed E-state index contributed by atoms with van der Waals surface area (Å²) in [6, 6.07) is 44.0. The van der Waals surface area contributed by atoms with Crippen LogP contribution in [0.15, 0.2) is 140 Å². The Hall–Kier alpha value is -5.72. The largest absolute Gasteiger partial charge is 0.275 e. The summed E-state index contributed by atoms with van der Waals surface area (Å²) in [6.45, 7) is 0. The normalized spacial score (nSPS) is 11.6. The second-order valence-corrected chi connectivity index (χ2v) is 11.8. The molecule has 0 unspecified atom stereocenters. The maximum atomic E-state index is 5.12. The standard InChI is InChI=1S/C38H23N5S/c1-4-11-24(12-5-1)27-17-10-18-30-31-20-19-29-28-21-22-39-23-32(28)43(33(29)35(31)44-34(27)30)38-41-36(25-13-6-2-7-14-25)40-37(42-38)26-15-8-3-9-16-26/h1-23H. The van der Waals surface area contributed by atoms with Crippen molar-refractivity contribution < 1.29 is 0 Å². The SMILES string of the molecule is c1ccc(-c2nc(-c3ccccc3)nc(-n3c4cnccc4c4ccc5c6cccc(-c7ccccc7)c6sc5c43)n2)cc1. The average Bonchev–Trinajstić information content (AvgIpc) is 3.65. The number of nitrogens with zero attached hydrogens (tertiary/aromatic N) is 5. The minimum atomic E-state index is 0.568. The third-order valence-electron chi connectivity index (χ3n) is 8.17. The molecule has 9 aromatic rings. The summed E-state index contributed by atoms with van der Waals surface area (Å²) in [5, 5.41) is 4.72. The molecule has 0 spiro atoms. The average molecular weight is 582 g/mol. The van der Waals surface area contributed by atoms with Gasteiger partial charge in [-0.05, 0) is 17.2 Å². The van der Waals surface area contributed by atoms with Crippen LogP contribution in [-0.4, -0.2) is 24.5 Å². The molecule has 0 aliphatic heterocycles. The molecular weight excluding hydrogens is 559 g/mol. The van der Waals surface area contributed by atoms with Crippen molar-refractivity contribution in [2.24, 2.45) is 0 Å². The van der Waals surface area contributed by atoms with Crippen LogP contribution in [-0.2, 0) is 0 Å². The van der Waals surface area contributed by atoms with E-state index in [0.29, 0.717) is 17.6 Å². The number of hydrogen-bond acceptors (Lipinski definition) is 5. The van der Waals surface area contributed by atoms with Crippen LogP contribution < -0.4 is 0 Å². The third-order valence-corrected chi connectivity index (χ3v) is 9.43. The first-order valence-corrected chi connectivity index (χ1v) is 15.3. The third kappa shape index (κ3) is 3.85. The molecule has 0 bridgehead atoms. The van der Waals surface area contributed by atoms with Gasteiger partial charge in [-0.25, -0.2) is 4.98 Å². The van der Waals surface area contributed by atoms with E-state index in [-0.39, 0.29) is 0 Å². The molecule has 5 aromatic carbocycles. The Bertz CT molecular complexity index is 2430. The minimum Gasteiger partial charge on any atom is -0.275 e. The Morgan fingerprint density at radius 1 is 0.477 bits per heavy atom. The van der Waals surface area contributed by atoms with Gasteiger partial charge in [-0.2, -0.15) is 9.97 Å². The van der Waals surface area contributed by atoms with E-state index in [1.165, 1.54) is 31.3 Å². The molecule has 6 heteroatoms. The monoisotopic (exact) mass is 581 g/mol. The zero-order valence-corrected chi connectivity index (χ0v) is 24.2. The van der Waals surface area contributed by atoms with Crippen molar-refractivity contribution in [3.05, 3.63) is 140 Å². The molecule has 4 heterocycles. The molecule has 0 atom stereocenters. The number of hydrogen-bond donors (Lipinski definition) is 0. The summed E-state index contributed by atoms with van der Waals surface area (Å²) < 4.78 is 4.64. The van der Waals surface area contributed by atoms with Crippen LogP contribution in [0.1, 0.15) is 0 Å². The van der Waals surface area contributed by atoms with E-state index >= 15 is 0 Å². The summed E-state index contributed by atoms with van der Waals surface area (Å²) in [5.41, 5.74) is 6.36. The van der Waals surface area contributed by atoms with Crippen LogP contribution >= 0.6 is 11.3 Å². The lowest BCUT2D eigenvalue weighted by Crippen LogP contribution is -2.06. The topological polar surface area (TPSA) is 56.5 Å². The highest BCUT2D eigenvalue weighted by Crippen LogP contribution is 2.45. The van der Waals surface area contributed by atoms with Crippen molar-refractivity contribution in [2.75, 3.05) is 0 Å². The van der Waals surface area contributed by atoms with Crippen molar-refractivity contribution in [2.45, 2.75) is 0 Å². The summed E-state index contributed by atoms with van der Waals surface area (Å²) in [7, 11) is 0. The number of benzene rings is 5. The van der Waals surface area contributed by atoms with Crippen molar-refractivity contribution in [3.63, 3.8) is 0 Å². The molecule has 0 N–H and O–H groups in total. The number of pyridine rings is 1. The predicted molar refractivity (Wildman–Crippen MR) is 181 cm³/mol. The van der Waals surface area contributed by atoms with Crippen LogP contribution in [0.25, 0.3) is 81.8 Å². The van der Waals surface area contributed by atoms with Gasteiger partial charge < -0.3 is 0 Å². The lowest BCUT2D eigenvalue weighted by atomic mass is 10.0. The molecule has 0 fully saturated rings. The van der Waals surface area contributed by atoms with Gasteiger partial charge in [0.25, 0.3) is 0 Å². The summed E-state index contributed by atoms with van der Waals surface area (Å²) >= 11 is 1.83. The highest BCUT2D eigenvalue weighted by Gasteiger charge is 2.22. The number of aromatic nitrogens is 5. The van der Waals surface area contributed by atoms with Gasteiger partial charge >= 0.3 is 0 Å². The minimum absolute atomic E-state index is 0.568. The molecule has 0 aliphatic carbocycles. The maximum absolute atomic E-state index is 5.12. The molecular formula is C38H23N5S. The van der Waals surface area contributed by atoms with E-state index in [4.69, 9.17) is 15.0 Å². The number of thiophene rings is 1. The summed E-state index contributed by atoms with van der Waals surface area (Å²) in [4.78, 5) is 19.7. The quantitative estimate of drug-likeness (QED) is 0.208. The van der Waals surface area contributed by atoms with Crippen molar-refractivity contribution >= 4 is 53.3 Å². The Morgan fingerprint density at radius 3 is 1.77 bits per heavy atom. The van der Waals surface area contributed by atoms with Crippen LogP contribution in [0.3, 0.4) is 0 Å². The van der Waals surface area contributed by atoms with Gasteiger partial charge in [-0.15, -0.1) is 11.3 Å². The fourth-order valence-electron chi connectivity index (χ4n) is 6.15. The van der Waals surface area contributed by atoms with Crippen molar-refractivity contribution in [1.82, 2.24) is 24.5 Å². The van der Waals surface area contributed by atoms with E-state index in [2.05, 4.69) is 76.3 Å². The molecule has 0 aliphatic rings. The van der Waals surface area contributed by atoms with Gasteiger partial charge in [0.1, 0.15) is 0 Å². The highest BCUT2D eigenvalue weighted by atomic mass is 32.1. The van der Waals surface area contributed by atoms with Gasteiger partial charge in [0.15, 0.2) is 11.6 Å². The molecule has 44 heavy (non-hydrogen) atoms. The van der Waals surface area contributed by atoms with Gasteiger partial charge in [-0.1, -0.05) is 121 Å². The van der Waals surface area contributed by atoms with E-state index in [1.807, 2.05) is 84.4 Å². The fourth-order valence-corrected chi connectivity index (χ4v) is 7.52. The van der Waals surface area contributed by atoms with Crippen LogP contribution in [0.5, 0.6) is 0 Å². The lowest BCUT2D eigenvalue weighted by Gasteiger charge is -2.11. The van der Waals surface area contributed by atoms with E-state index in [1.54, 1.807) is 0 Å². The van der Waals surface area contributed by atoms with Crippen molar-refractivity contribution in [1.29, 1.82) is 0 Å². The molecule has 0 amide bonds. The van der Waals surface area contributed by atoms with Crippen LogP contribution in [0.2, 0.25) is 0 Å². The first-order valence-electron chi connectivity index (χ1n) is 14.5. The second-order valence-electron chi connectivity index (χ2n) is 10.7. The first kappa shape index (κ1) is 24.8.